The van der Waals surface area contributed by atoms with Gasteiger partial charge in [-0.05, 0) is 130 Å². The molecule has 12 rings (SSSR count). The zero-order valence-corrected chi connectivity index (χ0v) is 31.3. The minimum absolute atomic E-state index is 0.0221. The molecule has 0 radical (unpaired) electrons. The van der Waals surface area contributed by atoms with E-state index in [1.54, 1.807) is 33.4 Å². The van der Waals surface area contributed by atoms with Crippen LogP contribution in [0.15, 0.2) is 84.9 Å². The van der Waals surface area contributed by atoms with E-state index in [0.29, 0.717) is 12.1 Å². The molecule has 4 fully saturated rings. The Morgan fingerprint density at radius 2 is 1.10 bits per heavy atom. The van der Waals surface area contributed by atoms with Crippen molar-refractivity contribution in [3.63, 3.8) is 0 Å². The lowest BCUT2D eigenvalue weighted by Gasteiger charge is -2.49. The Morgan fingerprint density at radius 3 is 1.98 bits per heavy atom. The van der Waals surface area contributed by atoms with Crippen LogP contribution in [-0.2, 0) is 34.5 Å². The summed E-state index contributed by atoms with van der Waals surface area (Å²) < 4.78 is 0. The normalized spacial score (nSPS) is 38.3. The van der Waals surface area contributed by atoms with Crippen LogP contribution in [0.3, 0.4) is 0 Å². The van der Waals surface area contributed by atoms with Crippen LogP contribution < -0.4 is 10.6 Å². The number of anilines is 2. The molecule has 6 nitrogen and oxygen atoms in total. The second-order valence-electron chi connectivity index (χ2n) is 18.1. The molecule has 6 heteroatoms. The summed E-state index contributed by atoms with van der Waals surface area (Å²) in [6, 6.07) is 34.8. The molecule has 52 heavy (non-hydrogen) atoms. The first-order valence-electron chi connectivity index (χ1n) is 20.1. The number of fused-ring (bicyclic) bond motifs is 13. The van der Waals surface area contributed by atoms with Crippen molar-refractivity contribution >= 4 is 11.4 Å². The van der Waals surface area contributed by atoms with E-state index in [4.69, 9.17) is 0 Å². The van der Waals surface area contributed by atoms with Gasteiger partial charge in [-0.3, -0.25) is 9.80 Å². The van der Waals surface area contributed by atoms with E-state index in [0.717, 1.165) is 38.9 Å². The molecule has 2 aliphatic carbocycles. The fourth-order valence-electron chi connectivity index (χ4n) is 14.7. The number of nitrogens with one attached hydrogen (secondary N) is 2. The predicted molar refractivity (Wildman–Crippen MR) is 209 cm³/mol. The third-order valence-electron chi connectivity index (χ3n) is 16.7. The monoisotopic (exact) mass is 688 g/mol. The lowest BCUT2D eigenvalue weighted by molar-refractivity contribution is 0.137. The van der Waals surface area contributed by atoms with Crippen LogP contribution in [0.2, 0.25) is 0 Å². The van der Waals surface area contributed by atoms with Gasteiger partial charge in [0.1, 0.15) is 0 Å². The molecule has 0 spiro atoms. The molecule has 0 saturated carbocycles. The van der Waals surface area contributed by atoms with Gasteiger partial charge in [0.05, 0.1) is 17.7 Å². The van der Waals surface area contributed by atoms with Gasteiger partial charge >= 0.3 is 0 Å². The topological polar surface area (TPSA) is 37.0 Å². The third kappa shape index (κ3) is 3.24. The van der Waals surface area contributed by atoms with Gasteiger partial charge in [0.25, 0.3) is 0 Å². The van der Waals surface area contributed by atoms with E-state index in [9.17, 15) is 0 Å². The van der Waals surface area contributed by atoms with E-state index >= 15 is 0 Å². The number of likely N-dealkylation sites (tertiary alicyclic amines) is 4. The fourth-order valence-corrected chi connectivity index (χ4v) is 14.7. The Morgan fingerprint density at radius 1 is 0.481 bits per heavy atom. The fraction of sp³-hybridized carbons (Fsp3) is 0.478. The molecule has 4 saturated heterocycles. The van der Waals surface area contributed by atoms with Crippen molar-refractivity contribution in [3.05, 3.63) is 129 Å². The quantitative estimate of drug-likeness (QED) is 0.270. The number of benzene rings is 4. The Hall–Kier alpha value is -3.68. The smallest absolute Gasteiger partial charge is 0.0933 e. The highest BCUT2D eigenvalue weighted by molar-refractivity contribution is 5.77. The van der Waals surface area contributed by atoms with Gasteiger partial charge in [-0.1, -0.05) is 78.9 Å². The minimum Gasteiger partial charge on any atom is -0.368 e. The first-order valence-corrected chi connectivity index (χ1v) is 20.1. The first kappa shape index (κ1) is 30.7. The van der Waals surface area contributed by atoms with E-state index in [2.05, 4.69) is 143 Å². The van der Waals surface area contributed by atoms with Gasteiger partial charge in [0.2, 0.25) is 0 Å². The zero-order chi connectivity index (χ0) is 34.8. The number of para-hydroxylation sites is 2. The lowest BCUT2D eigenvalue weighted by Crippen LogP contribution is -2.59. The average Bonchev–Trinajstić information content (AvgIpc) is 4.03. The van der Waals surface area contributed by atoms with Crippen LogP contribution in [0.5, 0.6) is 0 Å². The molecule has 8 unspecified atom stereocenters. The summed E-state index contributed by atoms with van der Waals surface area (Å²) in [4.78, 5) is 10.7. The Bertz CT molecular complexity index is 2030. The number of hydrogen-bond donors (Lipinski definition) is 2. The van der Waals surface area contributed by atoms with Crippen LogP contribution in [-0.4, -0.2) is 98.4 Å². The van der Waals surface area contributed by atoms with Crippen molar-refractivity contribution < 1.29 is 0 Å². The molecular weight excluding hydrogens is 637 g/mol. The molecule has 6 aliphatic heterocycles. The van der Waals surface area contributed by atoms with Crippen LogP contribution in [0.4, 0.5) is 11.4 Å². The van der Waals surface area contributed by atoms with Crippen LogP contribution in [0.25, 0.3) is 0 Å². The summed E-state index contributed by atoms with van der Waals surface area (Å²) in [5.41, 5.74) is 15.5. The SMILES string of the molecule is CN1CCC2(c3cccc4c3CC3N(C)CCC43C34CCN(C)C3Nc3c(C56CCN(C)C5Nc5ccccc56)cccc34)c3ccccc3CC12. The Labute approximate surface area is 309 Å². The van der Waals surface area contributed by atoms with Crippen molar-refractivity contribution in [1.82, 2.24) is 19.6 Å². The molecule has 8 atom stereocenters. The van der Waals surface area contributed by atoms with Gasteiger partial charge in [-0.15, -0.1) is 0 Å². The maximum atomic E-state index is 4.39. The van der Waals surface area contributed by atoms with Crippen LogP contribution in [0.1, 0.15) is 70.2 Å². The van der Waals surface area contributed by atoms with Crippen LogP contribution >= 0.6 is 0 Å². The standard InChI is InChI=1S/C46H52N6/c1-49-23-19-43(31-12-6-5-11-29(31)27-38(43)49)32-14-9-15-33-30(32)28-39-45(33,21-25-50(39)2)46-22-26-52(4)42(46)48-40-35(16-10-17-36(40)46)44-20-24-51(3)41(44)47-37-18-8-7-13-34(37)44/h5-18,38-39,41-42,47-48H,19-28H2,1-4H3. The molecule has 4 aromatic rings. The number of likely N-dealkylation sites (N-methyl/N-ethyl adjacent to an activating group) is 4. The second-order valence-corrected chi connectivity index (χ2v) is 18.1. The number of rotatable bonds is 3. The van der Waals surface area contributed by atoms with Crippen LogP contribution in [0, 0.1) is 0 Å². The zero-order valence-electron chi connectivity index (χ0n) is 31.3. The summed E-state index contributed by atoms with van der Waals surface area (Å²) >= 11 is 0. The highest BCUT2D eigenvalue weighted by atomic mass is 15.3. The van der Waals surface area contributed by atoms with E-state index in [1.165, 1.54) is 48.3 Å². The molecule has 0 bridgehead atoms. The lowest BCUT2D eigenvalue weighted by atomic mass is 9.54. The summed E-state index contributed by atoms with van der Waals surface area (Å²) in [7, 11) is 9.53. The van der Waals surface area contributed by atoms with Gasteiger partial charge in [-0.2, -0.15) is 0 Å². The average molecular weight is 689 g/mol. The molecule has 4 aromatic carbocycles. The van der Waals surface area contributed by atoms with E-state index in [-0.39, 0.29) is 34.0 Å². The Kier molecular flexibility index (Phi) is 5.97. The molecular formula is C46H52N6. The second kappa shape index (κ2) is 10.1. The number of nitrogens with zero attached hydrogens (tertiary/aromatic N) is 4. The summed E-state index contributed by atoms with van der Waals surface area (Å²) in [5.74, 6) is 0. The predicted octanol–water partition coefficient (Wildman–Crippen LogP) is 6.13. The molecule has 8 aliphatic rings. The minimum atomic E-state index is -0.0785. The van der Waals surface area contributed by atoms with Gasteiger partial charge in [0.15, 0.2) is 0 Å². The number of hydrogen-bond acceptors (Lipinski definition) is 6. The Balaban J connectivity index is 1.09. The van der Waals surface area contributed by atoms with E-state index < -0.39 is 0 Å². The first-order chi connectivity index (χ1) is 25.4. The summed E-state index contributed by atoms with van der Waals surface area (Å²) in [6.07, 6.45) is 7.60. The highest BCUT2D eigenvalue weighted by Crippen LogP contribution is 2.69. The highest BCUT2D eigenvalue weighted by Gasteiger charge is 2.72. The summed E-state index contributed by atoms with van der Waals surface area (Å²) in [6.45, 7) is 4.55. The van der Waals surface area contributed by atoms with Gasteiger partial charge in [-0.25, -0.2) is 0 Å². The van der Waals surface area contributed by atoms with E-state index in [1.807, 2.05) is 0 Å². The largest absolute Gasteiger partial charge is 0.368 e. The molecule has 266 valence electrons. The van der Waals surface area contributed by atoms with Gasteiger partial charge in [0, 0.05) is 52.8 Å². The maximum absolute atomic E-state index is 4.39. The van der Waals surface area contributed by atoms with Crippen molar-refractivity contribution in [3.8, 4) is 0 Å². The molecule has 0 amide bonds. The summed E-state index contributed by atoms with van der Waals surface area (Å²) in [5, 5.41) is 8.39. The van der Waals surface area contributed by atoms with Crippen molar-refractivity contribution in [2.75, 3.05) is 65.0 Å². The van der Waals surface area contributed by atoms with Crippen molar-refractivity contribution in [2.24, 2.45) is 0 Å². The third-order valence-corrected chi connectivity index (χ3v) is 16.7. The van der Waals surface area contributed by atoms with Crippen molar-refractivity contribution in [1.29, 1.82) is 0 Å². The molecule has 2 N–H and O–H groups in total. The molecule has 0 aromatic heterocycles. The van der Waals surface area contributed by atoms with Gasteiger partial charge < -0.3 is 20.4 Å². The molecule has 6 heterocycles. The maximum Gasteiger partial charge on any atom is 0.0933 e. The van der Waals surface area contributed by atoms with Crippen molar-refractivity contribution in [2.45, 2.75) is 84.6 Å².